The maximum absolute atomic E-state index is 4.68. The van der Waals surface area contributed by atoms with E-state index in [0.717, 1.165) is 44.0 Å². The molecule has 5 nitrogen and oxygen atoms in total. The average molecular weight is 380 g/mol. The summed E-state index contributed by atoms with van der Waals surface area (Å²) in [5, 5.41) is 0. The SMILES string of the molecule is CSCc1ccc(N2CCC(c3nccn3Cc3ccncc3)CC2)nc1. The van der Waals surface area contributed by atoms with E-state index >= 15 is 0 Å². The number of imidazole rings is 1. The van der Waals surface area contributed by atoms with E-state index in [1.807, 2.05) is 36.5 Å². The van der Waals surface area contributed by atoms with Crippen molar-refractivity contribution in [2.45, 2.75) is 31.1 Å². The predicted octanol–water partition coefficient (Wildman–Crippen LogP) is 3.97. The summed E-state index contributed by atoms with van der Waals surface area (Å²) >= 11 is 1.83. The number of pyridine rings is 2. The van der Waals surface area contributed by atoms with Crippen LogP contribution < -0.4 is 4.90 Å². The van der Waals surface area contributed by atoms with Crippen LogP contribution in [0, 0.1) is 0 Å². The first-order valence-corrected chi connectivity index (χ1v) is 10.8. The van der Waals surface area contributed by atoms with E-state index < -0.39 is 0 Å². The molecule has 0 radical (unpaired) electrons. The minimum atomic E-state index is 0.508. The third-order valence-electron chi connectivity index (χ3n) is 5.15. The van der Waals surface area contributed by atoms with E-state index in [-0.39, 0.29) is 0 Å². The molecule has 0 N–H and O–H groups in total. The van der Waals surface area contributed by atoms with E-state index in [9.17, 15) is 0 Å². The smallest absolute Gasteiger partial charge is 0.128 e. The van der Waals surface area contributed by atoms with Gasteiger partial charge in [0.2, 0.25) is 0 Å². The van der Waals surface area contributed by atoms with Crippen molar-refractivity contribution >= 4 is 17.6 Å². The molecular formula is C21H25N5S. The van der Waals surface area contributed by atoms with Gasteiger partial charge in [-0.05, 0) is 48.4 Å². The Hall–Kier alpha value is -2.34. The van der Waals surface area contributed by atoms with Crippen LogP contribution in [-0.2, 0) is 12.3 Å². The largest absolute Gasteiger partial charge is 0.357 e. The summed E-state index contributed by atoms with van der Waals surface area (Å²) < 4.78 is 2.28. The molecule has 3 aromatic heterocycles. The second kappa shape index (κ2) is 8.57. The Kier molecular flexibility index (Phi) is 5.72. The second-order valence-electron chi connectivity index (χ2n) is 6.99. The molecule has 0 spiro atoms. The molecule has 0 saturated carbocycles. The molecule has 4 rings (SSSR count). The first kappa shape index (κ1) is 18.0. The molecule has 0 atom stereocenters. The van der Waals surface area contributed by atoms with Gasteiger partial charge in [-0.25, -0.2) is 9.97 Å². The Balaban J connectivity index is 1.39. The van der Waals surface area contributed by atoms with Crippen LogP contribution in [0.1, 0.15) is 35.7 Å². The van der Waals surface area contributed by atoms with Gasteiger partial charge in [0.05, 0.1) is 0 Å². The summed E-state index contributed by atoms with van der Waals surface area (Å²) in [5.74, 6) is 3.83. The lowest BCUT2D eigenvalue weighted by Gasteiger charge is -2.32. The third-order valence-corrected chi connectivity index (χ3v) is 5.78. The Morgan fingerprint density at radius 1 is 1.00 bits per heavy atom. The van der Waals surface area contributed by atoms with Gasteiger partial charge in [-0.1, -0.05) is 6.07 Å². The van der Waals surface area contributed by atoms with Crippen molar-refractivity contribution < 1.29 is 0 Å². The number of anilines is 1. The summed E-state index contributed by atoms with van der Waals surface area (Å²) in [6.45, 7) is 2.92. The average Bonchev–Trinajstić information content (AvgIpc) is 3.18. The number of aromatic nitrogens is 4. The zero-order valence-corrected chi connectivity index (χ0v) is 16.5. The van der Waals surface area contributed by atoms with Crippen molar-refractivity contribution in [1.82, 2.24) is 19.5 Å². The van der Waals surface area contributed by atoms with E-state index in [4.69, 9.17) is 0 Å². The molecule has 1 fully saturated rings. The van der Waals surface area contributed by atoms with Crippen molar-refractivity contribution in [2.24, 2.45) is 0 Å². The standard InChI is InChI=1S/C21H25N5S/c1-27-16-18-2-3-20(24-14-18)25-11-6-19(7-12-25)21-23-10-13-26(21)15-17-4-8-22-9-5-17/h2-5,8-10,13-14,19H,6-7,11-12,15-16H2,1H3. The van der Waals surface area contributed by atoms with Gasteiger partial charge in [-0.3, -0.25) is 4.98 Å². The molecule has 6 heteroatoms. The van der Waals surface area contributed by atoms with Crippen LogP contribution >= 0.6 is 11.8 Å². The maximum atomic E-state index is 4.68. The molecule has 0 bridgehead atoms. The number of rotatable bonds is 6. The topological polar surface area (TPSA) is 46.8 Å². The van der Waals surface area contributed by atoms with Crippen molar-refractivity contribution in [3.8, 4) is 0 Å². The predicted molar refractivity (Wildman–Crippen MR) is 111 cm³/mol. The second-order valence-corrected chi connectivity index (χ2v) is 7.85. The fraction of sp³-hybridized carbons (Fsp3) is 0.381. The first-order valence-electron chi connectivity index (χ1n) is 9.42. The van der Waals surface area contributed by atoms with Gasteiger partial charge in [-0.2, -0.15) is 11.8 Å². The highest BCUT2D eigenvalue weighted by molar-refractivity contribution is 7.97. The number of nitrogens with zero attached hydrogens (tertiary/aromatic N) is 5. The van der Waals surface area contributed by atoms with E-state index in [0.29, 0.717) is 5.92 Å². The molecule has 0 unspecified atom stereocenters. The van der Waals surface area contributed by atoms with Gasteiger partial charge in [0.1, 0.15) is 11.6 Å². The van der Waals surface area contributed by atoms with Crippen molar-refractivity contribution in [3.05, 3.63) is 72.2 Å². The number of hydrogen-bond acceptors (Lipinski definition) is 5. The molecule has 1 saturated heterocycles. The van der Waals surface area contributed by atoms with Crippen LogP contribution in [0.4, 0.5) is 5.82 Å². The van der Waals surface area contributed by atoms with Gasteiger partial charge in [-0.15, -0.1) is 0 Å². The van der Waals surface area contributed by atoms with Gasteiger partial charge in [0, 0.05) is 62.3 Å². The lowest BCUT2D eigenvalue weighted by Crippen LogP contribution is -2.34. The minimum Gasteiger partial charge on any atom is -0.357 e. The lowest BCUT2D eigenvalue weighted by atomic mass is 9.95. The Labute approximate surface area is 164 Å². The Bertz CT molecular complexity index is 839. The van der Waals surface area contributed by atoms with Gasteiger partial charge in [0.15, 0.2) is 0 Å². The summed E-state index contributed by atoms with van der Waals surface area (Å²) in [7, 11) is 0. The van der Waals surface area contributed by atoms with Crippen LogP contribution in [0.3, 0.4) is 0 Å². The van der Waals surface area contributed by atoms with Gasteiger partial charge < -0.3 is 9.47 Å². The zero-order valence-electron chi connectivity index (χ0n) is 15.7. The molecule has 1 aliphatic heterocycles. The van der Waals surface area contributed by atoms with Crippen molar-refractivity contribution in [1.29, 1.82) is 0 Å². The Morgan fingerprint density at radius 3 is 2.52 bits per heavy atom. The van der Waals surface area contributed by atoms with Gasteiger partial charge >= 0.3 is 0 Å². The lowest BCUT2D eigenvalue weighted by molar-refractivity contribution is 0.468. The van der Waals surface area contributed by atoms with E-state index in [1.165, 1.54) is 17.0 Å². The third kappa shape index (κ3) is 4.33. The zero-order chi connectivity index (χ0) is 18.5. The van der Waals surface area contributed by atoms with Crippen LogP contribution in [0.2, 0.25) is 0 Å². The highest BCUT2D eigenvalue weighted by Crippen LogP contribution is 2.29. The molecule has 1 aliphatic rings. The molecule has 0 aliphatic carbocycles. The highest BCUT2D eigenvalue weighted by Gasteiger charge is 2.24. The van der Waals surface area contributed by atoms with Gasteiger partial charge in [0.25, 0.3) is 0 Å². The molecule has 27 heavy (non-hydrogen) atoms. The maximum Gasteiger partial charge on any atom is 0.128 e. The summed E-state index contributed by atoms with van der Waals surface area (Å²) in [4.78, 5) is 15.8. The molecule has 3 aromatic rings. The molecule has 0 aromatic carbocycles. The quantitative estimate of drug-likeness (QED) is 0.649. The van der Waals surface area contributed by atoms with E-state index in [2.05, 4.69) is 61.1 Å². The fourth-order valence-electron chi connectivity index (χ4n) is 3.72. The van der Waals surface area contributed by atoms with Crippen LogP contribution in [0.25, 0.3) is 0 Å². The summed E-state index contributed by atoms with van der Waals surface area (Å²) in [6, 6.07) is 8.50. The Morgan fingerprint density at radius 2 is 1.81 bits per heavy atom. The first-order chi connectivity index (χ1) is 13.3. The molecular weight excluding hydrogens is 354 g/mol. The summed E-state index contributed by atoms with van der Waals surface area (Å²) in [6.07, 6.45) is 14.1. The fourth-order valence-corrected chi connectivity index (χ4v) is 4.23. The molecule has 4 heterocycles. The van der Waals surface area contributed by atoms with Crippen molar-refractivity contribution in [3.63, 3.8) is 0 Å². The molecule has 140 valence electrons. The number of hydrogen-bond donors (Lipinski definition) is 0. The number of thioether (sulfide) groups is 1. The van der Waals surface area contributed by atoms with Crippen molar-refractivity contribution in [2.75, 3.05) is 24.2 Å². The van der Waals surface area contributed by atoms with E-state index in [1.54, 1.807) is 0 Å². The molecule has 0 amide bonds. The number of piperidine rings is 1. The van der Waals surface area contributed by atoms with Crippen LogP contribution in [0.5, 0.6) is 0 Å². The minimum absolute atomic E-state index is 0.508. The summed E-state index contributed by atoms with van der Waals surface area (Å²) in [5.41, 5.74) is 2.55. The normalized spacial score (nSPS) is 15.2. The monoisotopic (exact) mass is 379 g/mol. The van der Waals surface area contributed by atoms with Crippen LogP contribution in [0.15, 0.2) is 55.2 Å². The highest BCUT2D eigenvalue weighted by atomic mass is 32.2. The van der Waals surface area contributed by atoms with Crippen LogP contribution in [-0.4, -0.2) is 38.9 Å².